The zero-order chi connectivity index (χ0) is 15.2. The van der Waals surface area contributed by atoms with Crippen LogP contribution in [-0.4, -0.2) is 18.9 Å². The van der Waals surface area contributed by atoms with E-state index in [2.05, 4.69) is 10.8 Å². The quantitative estimate of drug-likeness (QED) is 0.845. The van der Waals surface area contributed by atoms with E-state index in [1.54, 1.807) is 31.3 Å². The summed E-state index contributed by atoms with van der Waals surface area (Å²) < 4.78 is 0. The predicted octanol–water partition coefficient (Wildman–Crippen LogP) is 2.14. The van der Waals surface area contributed by atoms with E-state index in [9.17, 15) is 9.59 Å². The minimum Gasteiger partial charge on any atom is -0.379 e. The first-order valence-corrected chi connectivity index (χ1v) is 6.47. The van der Waals surface area contributed by atoms with Gasteiger partial charge in [-0.1, -0.05) is 30.3 Å². The monoisotopic (exact) mass is 284 g/mol. The number of nitrogens with one attached hydrogen (secondary N) is 2. The van der Waals surface area contributed by atoms with Crippen LogP contribution >= 0.6 is 0 Å². The summed E-state index contributed by atoms with van der Waals surface area (Å²) >= 11 is 0. The molecule has 0 atom stereocenters. The minimum absolute atomic E-state index is 0.155. The van der Waals surface area contributed by atoms with Crippen LogP contribution in [0.1, 0.15) is 17.3 Å². The number of benzene rings is 2. The van der Waals surface area contributed by atoms with Gasteiger partial charge in [0.25, 0.3) is 5.91 Å². The number of hydroxylamine groups is 1. The minimum atomic E-state index is -0.288. The van der Waals surface area contributed by atoms with Gasteiger partial charge in [-0.15, -0.1) is 0 Å². The van der Waals surface area contributed by atoms with Crippen molar-refractivity contribution in [2.45, 2.75) is 6.92 Å². The topological polar surface area (TPSA) is 67.4 Å². The third kappa shape index (κ3) is 3.60. The van der Waals surface area contributed by atoms with Crippen LogP contribution in [0.5, 0.6) is 5.75 Å². The molecule has 0 saturated carbocycles. The molecule has 2 N–H and O–H groups in total. The third-order valence-electron chi connectivity index (χ3n) is 2.85. The van der Waals surface area contributed by atoms with Crippen molar-refractivity contribution in [3.63, 3.8) is 0 Å². The summed E-state index contributed by atoms with van der Waals surface area (Å²) in [6.45, 7) is 1.37. The molecule has 0 aliphatic heterocycles. The van der Waals surface area contributed by atoms with E-state index < -0.39 is 0 Å². The second-order valence-corrected chi connectivity index (χ2v) is 4.42. The van der Waals surface area contributed by atoms with Crippen molar-refractivity contribution >= 4 is 11.8 Å². The van der Waals surface area contributed by atoms with Gasteiger partial charge in [0.15, 0.2) is 5.75 Å². The Kier molecular flexibility index (Phi) is 4.56. The molecule has 2 aromatic rings. The number of carbonyl (C=O) groups is 2. The van der Waals surface area contributed by atoms with Gasteiger partial charge in [-0.25, -0.2) is 0 Å². The Morgan fingerprint density at radius 3 is 2.52 bits per heavy atom. The molecule has 2 aromatic carbocycles. The van der Waals surface area contributed by atoms with Crippen molar-refractivity contribution in [3.05, 3.63) is 54.1 Å². The van der Waals surface area contributed by atoms with E-state index in [1.807, 2.05) is 24.3 Å². The lowest BCUT2D eigenvalue weighted by atomic mass is 10.0. The first-order chi connectivity index (χ1) is 10.1. The molecule has 0 aromatic heterocycles. The molecule has 5 nitrogen and oxygen atoms in total. The van der Waals surface area contributed by atoms with Crippen molar-refractivity contribution in [2.75, 3.05) is 7.05 Å². The molecule has 0 bridgehead atoms. The molecule has 0 unspecified atom stereocenters. The number of amides is 2. The second kappa shape index (κ2) is 6.56. The number of hydrogen-bond donors (Lipinski definition) is 2. The van der Waals surface area contributed by atoms with E-state index in [1.165, 1.54) is 6.92 Å². The van der Waals surface area contributed by atoms with Gasteiger partial charge >= 0.3 is 0 Å². The Bertz CT molecular complexity index is 668. The maximum absolute atomic E-state index is 11.7. The molecule has 0 aliphatic rings. The van der Waals surface area contributed by atoms with Crippen molar-refractivity contribution in [2.24, 2.45) is 0 Å². The highest BCUT2D eigenvalue weighted by atomic mass is 16.7. The van der Waals surface area contributed by atoms with Crippen molar-refractivity contribution in [1.82, 2.24) is 10.8 Å². The zero-order valence-electron chi connectivity index (χ0n) is 11.8. The first kappa shape index (κ1) is 14.6. The Labute approximate surface area is 122 Å². The molecule has 0 spiro atoms. The second-order valence-electron chi connectivity index (χ2n) is 4.42. The largest absolute Gasteiger partial charge is 0.379 e. The van der Waals surface area contributed by atoms with Gasteiger partial charge in [0.05, 0.1) is 0 Å². The number of hydrogen-bond acceptors (Lipinski definition) is 3. The molecule has 0 radical (unpaired) electrons. The van der Waals surface area contributed by atoms with Crippen LogP contribution in [0.25, 0.3) is 11.1 Å². The van der Waals surface area contributed by atoms with Gasteiger partial charge in [0.2, 0.25) is 5.91 Å². The lowest BCUT2D eigenvalue weighted by Crippen LogP contribution is -2.24. The highest BCUT2D eigenvalue weighted by molar-refractivity contribution is 5.95. The maximum Gasteiger partial charge on any atom is 0.251 e. The van der Waals surface area contributed by atoms with Crippen molar-refractivity contribution < 1.29 is 14.4 Å². The summed E-state index contributed by atoms with van der Waals surface area (Å²) in [5.74, 6) is 0.0720. The fraction of sp³-hybridized carbons (Fsp3) is 0.125. The van der Waals surface area contributed by atoms with E-state index in [4.69, 9.17) is 4.84 Å². The van der Waals surface area contributed by atoms with Gasteiger partial charge in [0, 0.05) is 25.1 Å². The number of carbonyl (C=O) groups excluding carboxylic acids is 2. The van der Waals surface area contributed by atoms with Crippen LogP contribution < -0.4 is 15.6 Å². The Hall–Kier alpha value is -2.82. The molecule has 2 amide bonds. The molecular weight excluding hydrogens is 268 g/mol. The zero-order valence-corrected chi connectivity index (χ0v) is 11.8. The summed E-state index contributed by atoms with van der Waals surface area (Å²) in [5, 5.41) is 2.59. The fourth-order valence-corrected chi connectivity index (χ4v) is 1.89. The van der Waals surface area contributed by atoms with Crippen molar-refractivity contribution in [3.8, 4) is 16.9 Å². The maximum atomic E-state index is 11.7. The normalized spacial score (nSPS) is 9.81. The molecule has 0 heterocycles. The van der Waals surface area contributed by atoms with Crippen LogP contribution in [0.15, 0.2) is 48.5 Å². The van der Waals surface area contributed by atoms with E-state index >= 15 is 0 Å². The lowest BCUT2D eigenvalue weighted by Gasteiger charge is -2.11. The highest BCUT2D eigenvalue weighted by Gasteiger charge is 2.09. The van der Waals surface area contributed by atoms with E-state index in [0.29, 0.717) is 11.3 Å². The molecular formula is C16H16N2O3. The summed E-state index contributed by atoms with van der Waals surface area (Å²) in [4.78, 5) is 27.9. The standard InChI is InChI=1S/C16H16N2O3/c1-11(19)18-21-15-9-4-3-8-14(15)12-6-5-7-13(10-12)16(20)17-2/h3-10H,1-2H3,(H,17,20)(H,18,19). The molecule has 5 heteroatoms. The Morgan fingerprint density at radius 2 is 1.81 bits per heavy atom. The average Bonchev–Trinajstić information content (AvgIpc) is 2.52. The van der Waals surface area contributed by atoms with Gasteiger partial charge in [0.1, 0.15) is 0 Å². The van der Waals surface area contributed by atoms with Crippen molar-refractivity contribution in [1.29, 1.82) is 0 Å². The third-order valence-corrected chi connectivity index (χ3v) is 2.85. The van der Waals surface area contributed by atoms with Crippen LogP contribution in [0.2, 0.25) is 0 Å². The number of para-hydroxylation sites is 1. The lowest BCUT2D eigenvalue weighted by molar-refractivity contribution is -0.125. The Morgan fingerprint density at radius 1 is 1.05 bits per heavy atom. The first-order valence-electron chi connectivity index (χ1n) is 6.47. The van der Waals surface area contributed by atoms with Crippen LogP contribution in [0.4, 0.5) is 0 Å². The van der Waals surface area contributed by atoms with Crippen LogP contribution in [0, 0.1) is 0 Å². The van der Waals surface area contributed by atoms with Crippen LogP contribution in [-0.2, 0) is 4.79 Å². The summed E-state index contributed by atoms with van der Waals surface area (Å²) in [6.07, 6.45) is 0. The van der Waals surface area contributed by atoms with E-state index in [0.717, 1.165) is 11.1 Å². The van der Waals surface area contributed by atoms with Gasteiger partial charge in [-0.3, -0.25) is 9.59 Å². The van der Waals surface area contributed by atoms with Gasteiger partial charge < -0.3 is 10.2 Å². The smallest absolute Gasteiger partial charge is 0.251 e. The number of rotatable bonds is 4. The summed E-state index contributed by atoms with van der Waals surface area (Å²) in [6, 6.07) is 14.5. The Balaban J connectivity index is 2.37. The molecule has 0 saturated heterocycles. The molecule has 0 aliphatic carbocycles. The predicted molar refractivity (Wildman–Crippen MR) is 79.7 cm³/mol. The van der Waals surface area contributed by atoms with Gasteiger partial charge in [-0.05, 0) is 23.8 Å². The van der Waals surface area contributed by atoms with Gasteiger partial charge in [-0.2, -0.15) is 5.48 Å². The fourth-order valence-electron chi connectivity index (χ4n) is 1.89. The van der Waals surface area contributed by atoms with Crippen LogP contribution in [0.3, 0.4) is 0 Å². The molecule has 108 valence electrons. The average molecular weight is 284 g/mol. The summed E-state index contributed by atoms with van der Waals surface area (Å²) in [7, 11) is 1.59. The van der Waals surface area contributed by atoms with E-state index in [-0.39, 0.29) is 11.8 Å². The summed E-state index contributed by atoms with van der Waals surface area (Å²) in [5.41, 5.74) is 4.48. The highest BCUT2D eigenvalue weighted by Crippen LogP contribution is 2.29. The molecule has 0 fully saturated rings. The molecule has 2 rings (SSSR count). The SMILES string of the molecule is CNC(=O)c1cccc(-c2ccccc2ONC(C)=O)c1. The molecule has 21 heavy (non-hydrogen) atoms.